The first kappa shape index (κ1) is 32.0. The molecular formula is C31H38ClN3O5S. The molecule has 8 nitrogen and oxygen atoms in total. The zero-order chi connectivity index (χ0) is 30.2. The van der Waals surface area contributed by atoms with E-state index in [0.717, 1.165) is 15.4 Å². The topological polar surface area (TPSA) is 96.0 Å². The van der Waals surface area contributed by atoms with Gasteiger partial charge in [0.05, 0.1) is 22.7 Å². The van der Waals surface area contributed by atoms with Crippen LogP contribution in [0.5, 0.6) is 5.75 Å². The number of sulfonamides is 1. The zero-order valence-corrected chi connectivity index (χ0v) is 25.7. The molecule has 0 unspecified atom stereocenters. The van der Waals surface area contributed by atoms with Crippen molar-refractivity contribution >= 4 is 39.1 Å². The summed E-state index contributed by atoms with van der Waals surface area (Å²) in [6.45, 7) is 7.65. The summed E-state index contributed by atoms with van der Waals surface area (Å²) in [5.74, 6) is 0.0386. The van der Waals surface area contributed by atoms with E-state index in [9.17, 15) is 18.0 Å². The van der Waals surface area contributed by atoms with Gasteiger partial charge in [-0.1, -0.05) is 74.3 Å². The lowest BCUT2D eigenvalue weighted by Gasteiger charge is -2.33. The number of nitrogens with zero attached hydrogens (tertiary/aromatic N) is 2. The highest BCUT2D eigenvalue weighted by atomic mass is 35.5. The maximum atomic E-state index is 14.1. The van der Waals surface area contributed by atoms with E-state index in [1.807, 2.05) is 39.8 Å². The highest BCUT2D eigenvalue weighted by Crippen LogP contribution is 2.31. The maximum absolute atomic E-state index is 14.1. The van der Waals surface area contributed by atoms with Crippen LogP contribution in [0.25, 0.3) is 0 Å². The Kier molecular flexibility index (Phi) is 11.2. The second kappa shape index (κ2) is 14.4. The number of carbonyl (C=O) groups is 2. The van der Waals surface area contributed by atoms with Crippen molar-refractivity contribution in [2.75, 3.05) is 24.5 Å². The van der Waals surface area contributed by atoms with Gasteiger partial charge in [0.1, 0.15) is 18.3 Å². The molecule has 41 heavy (non-hydrogen) atoms. The summed E-state index contributed by atoms with van der Waals surface area (Å²) in [4.78, 5) is 28.9. The molecule has 0 aliphatic rings. The van der Waals surface area contributed by atoms with Crippen molar-refractivity contribution in [3.8, 4) is 5.75 Å². The Labute approximate surface area is 248 Å². The molecule has 1 atom stereocenters. The number of anilines is 1. The van der Waals surface area contributed by atoms with E-state index < -0.39 is 28.5 Å². The van der Waals surface area contributed by atoms with Crippen molar-refractivity contribution in [3.63, 3.8) is 0 Å². The molecule has 0 bridgehead atoms. The molecule has 0 aliphatic carbocycles. The highest BCUT2D eigenvalue weighted by molar-refractivity contribution is 7.92. The predicted octanol–water partition coefficient (Wildman–Crippen LogP) is 5.43. The smallest absolute Gasteiger partial charge is 0.264 e. The van der Waals surface area contributed by atoms with Crippen molar-refractivity contribution in [2.24, 2.45) is 5.92 Å². The fraction of sp³-hybridized carbons (Fsp3) is 0.355. The predicted molar refractivity (Wildman–Crippen MR) is 163 cm³/mol. The Balaban J connectivity index is 2.05. The van der Waals surface area contributed by atoms with E-state index in [1.165, 1.54) is 17.0 Å². The van der Waals surface area contributed by atoms with E-state index in [-0.39, 0.29) is 34.0 Å². The Morgan fingerprint density at radius 2 is 1.61 bits per heavy atom. The molecule has 0 heterocycles. The van der Waals surface area contributed by atoms with Crippen LogP contribution in [-0.4, -0.2) is 51.4 Å². The lowest BCUT2D eigenvalue weighted by atomic mass is 10.1. The summed E-state index contributed by atoms with van der Waals surface area (Å²) < 4.78 is 34.1. The number of hydrogen-bond acceptors (Lipinski definition) is 5. The van der Waals surface area contributed by atoms with E-state index in [1.54, 1.807) is 55.6 Å². The van der Waals surface area contributed by atoms with Crippen LogP contribution in [0.4, 0.5) is 5.69 Å². The molecule has 0 saturated carbocycles. The van der Waals surface area contributed by atoms with E-state index >= 15 is 0 Å². The molecule has 0 spiro atoms. The SMILES string of the molecule is CC[C@H](C(=O)NCC(C)C)N(Cc1ccc(OC)cc1)C(=O)CN(c1ccccc1Cl)S(=O)(=O)c1ccc(C)cc1. The second-order valence-electron chi connectivity index (χ2n) is 10.2. The Bertz CT molecular complexity index is 1430. The summed E-state index contributed by atoms with van der Waals surface area (Å²) in [7, 11) is -2.63. The van der Waals surface area contributed by atoms with Crippen LogP contribution in [0, 0.1) is 12.8 Å². The van der Waals surface area contributed by atoms with Gasteiger partial charge in [0.2, 0.25) is 11.8 Å². The van der Waals surface area contributed by atoms with Gasteiger partial charge in [0.25, 0.3) is 10.0 Å². The third-order valence-electron chi connectivity index (χ3n) is 6.59. The van der Waals surface area contributed by atoms with Gasteiger partial charge in [-0.3, -0.25) is 13.9 Å². The van der Waals surface area contributed by atoms with Crippen LogP contribution >= 0.6 is 11.6 Å². The summed E-state index contributed by atoms with van der Waals surface area (Å²) in [6.07, 6.45) is 0.336. The van der Waals surface area contributed by atoms with Gasteiger partial charge in [-0.05, 0) is 61.2 Å². The highest BCUT2D eigenvalue weighted by Gasteiger charge is 2.34. The summed E-state index contributed by atoms with van der Waals surface area (Å²) in [5, 5.41) is 3.10. The molecule has 3 aromatic rings. The number of ether oxygens (including phenoxy) is 1. The lowest BCUT2D eigenvalue weighted by molar-refractivity contribution is -0.140. The van der Waals surface area contributed by atoms with Crippen molar-refractivity contribution in [2.45, 2.75) is 51.6 Å². The van der Waals surface area contributed by atoms with Crippen LogP contribution in [0.3, 0.4) is 0 Å². The third kappa shape index (κ3) is 8.24. The first-order valence-corrected chi connectivity index (χ1v) is 15.3. The molecule has 0 saturated heterocycles. The number of rotatable bonds is 13. The number of halogens is 1. The molecule has 0 fully saturated rings. The number of carbonyl (C=O) groups excluding carboxylic acids is 2. The average molecular weight is 600 g/mol. The van der Waals surface area contributed by atoms with E-state index in [2.05, 4.69) is 5.32 Å². The van der Waals surface area contributed by atoms with Gasteiger partial charge in [-0.2, -0.15) is 0 Å². The fourth-order valence-electron chi connectivity index (χ4n) is 4.27. The summed E-state index contributed by atoms with van der Waals surface area (Å²) in [6, 6.07) is 19.2. The number of aryl methyl sites for hydroxylation is 1. The standard InChI is InChI=1S/C31H38ClN3O5S/c1-6-28(31(37)33-19-22(2)3)34(20-24-13-15-25(40-5)16-14-24)30(36)21-35(29-10-8-7-9-27(29)32)41(38,39)26-17-11-23(4)12-18-26/h7-18,22,28H,6,19-21H2,1-5H3,(H,33,37)/t28-/m1/s1. The first-order chi connectivity index (χ1) is 19.5. The van der Waals surface area contributed by atoms with Gasteiger partial charge < -0.3 is 15.0 Å². The average Bonchev–Trinajstić information content (AvgIpc) is 2.95. The Morgan fingerprint density at radius 1 is 0.976 bits per heavy atom. The van der Waals surface area contributed by atoms with Crippen LogP contribution < -0.4 is 14.4 Å². The van der Waals surface area contributed by atoms with Gasteiger partial charge in [-0.25, -0.2) is 8.42 Å². The molecule has 220 valence electrons. The molecule has 0 aromatic heterocycles. The van der Waals surface area contributed by atoms with Crippen LogP contribution in [0.2, 0.25) is 5.02 Å². The monoisotopic (exact) mass is 599 g/mol. The largest absolute Gasteiger partial charge is 0.497 e. The van der Waals surface area contributed by atoms with Crippen molar-refractivity contribution in [3.05, 3.63) is 88.9 Å². The fourth-order valence-corrected chi connectivity index (χ4v) is 6.00. The van der Waals surface area contributed by atoms with Crippen molar-refractivity contribution < 1.29 is 22.7 Å². The molecule has 0 aliphatic heterocycles. The van der Waals surface area contributed by atoms with E-state index in [0.29, 0.717) is 18.7 Å². The number of benzene rings is 3. The molecule has 1 N–H and O–H groups in total. The molecule has 3 aromatic carbocycles. The van der Waals surface area contributed by atoms with Gasteiger partial charge >= 0.3 is 0 Å². The lowest BCUT2D eigenvalue weighted by Crippen LogP contribution is -2.52. The molecule has 2 amide bonds. The van der Waals surface area contributed by atoms with Crippen molar-refractivity contribution in [1.29, 1.82) is 0 Å². The third-order valence-corrected chi connectivity index (χ3v) is 8.68. The van der Waals surface area contributed by atoms with Crippen LogP contribution in [-0.2, 0) is 26.2 Å². The number of methoxy groups -OCH3 is 1. The van der Waals surface area contributed by atoms with Gasteiger partial charge in [0, 0.05) is 13.1 Å². The van der Waals surface area contributed by atoms with Gasteiger partial charge in [-0.15, -0.1) is 0 Å². The minimum atomic E-state index is -4.19. The van der Waals surface area contributed by atoms with Crippen LogP contribution in [0.15, 0.2) is 77.7 Å². The zero-order valence-electron chi connectivity index (χ0n) is 24.1. The first-order valence-electron chi connectivity index (χ1n) is 13.5. The number of amides is 2. The number of hydrogen-bond donors (Lipinski definition) is 1. The number of para-hydroxylation sites is 1. The molecular weight excluding hydrogens is 562 g/mol. The van der Waals surface area contributed by atoms with Crippen molar-refractivity contribution in [1.82, 2.24) is 10.2 Å². The second-order valence-corrected chi connectivity index (χ2v) is 12.5. The van der Waals surface area contributed by atoms with Crippen LogP contribution in [0.1, 0.15) is 38.3 Å². The quantitative estimate of drug-likeness (QED) is 0.283. The molecule has 0 radical (unpaired) electrons. The normalized spacial score (nSPS) is 12.1. The molecule has 10 heteroatoms. The number of nitrogens with one attached hydrogen (secondary N) is 1. The Morgan fingerprint density at radius 3 is 2.17 bits per heavy atom. The summed E-state index contributed by atoms with van der Waals surface area (Å²) >= 11 is 6.46. The molecule has 3 rings (SSSR count). The minimum Gasteiger partial charge on any atom is -0.497 e. The van der Waals surface area contributed by atoms with E-state index in [4.69, 9.17) is 16.3 Å². The Hall–Kier alpha value is -3.56. The van der Waals surface area contributed by atoms with Gasteiger partial charge in [0.15, 0.2) is 0 Å². The minimum absolute atomic E-state index is 0.0271. The maximum Gasteiger partial charge on any atom is 0.264 e. The summed E-state index contributed by atoms with van der Waals surface area (Å²) in [5.41, 5.74) is 1.83.